The molecule has 0 bridgehead atoms. The van der Waals surface area contributed by atoms with Crippen molar-refractivity contribution < 1.29 is 4.74 Å². The first-order valence-corrected chi connectivity index (χ1v) is 6.19. The maximum atomic E-state index is 5.15. The third kappa shape index (κ3) is 3.40. The Bertz CT molecular complexity index is 368. The maximum Gasteiger partial charge on any atom is 0.129 e. The molecular weight excluding hydrogens is 214 g/mol. The Balaban J connectivity index is 1.89. The molecule has 1 aliphatic rings. The van der Waals surface area contributed by atoms with Crippen molar-refractivity contribution in [1.82, 2.24) is 9.97 Å². The van der Waals surface area contributed by atoms with Crippen LogP contribution in [0.4, 0.5) is 5.82 Å². The van der Waals surface area contributed by atoms with Gasteiger partial charge in [0, 0.05) is 32.0 Å². The molecule has 4 nitrogen and oxygen atoms in total. The number of aryl methyl sites for hydroxylation is 2. The topological polar surface area (TPSA) is 47.0 Å². The van der Waals surface area contributed by atoms with Gasteiger partial charge in [-0.05, 0) is 38.5 Å². The third-order valence-corrected chi connectivity index (χ3v) is 3.40. The lowest BCUT2D eigenvalue weighted by Crippen LogP contribution is -2.18. The summed E-state index contributed by atoms with van der Waals surface area (Å²) in [5.74, 6) is 1.77. The van der Waals surface area contributed by atoms with E-state index in [9.17, 15) is 0 Å². The molecule has 4 heteroatoms. The van der Waals surface area contributed by atoms with E-state index in [0.717, 1.165) is 36.9 Å². The molecule has 0 radical (unpaired) electrons. The van der Waals surface area contributed by atoms with Crippen LogP contribution in [0.25, 0.3) is 0 Å². The van der Waals surface area contributed by atoms with E-state index in [1.807, 2.05) is 19.9 Å². The zero-order chi connectivity index (χ0) is 12.3. The van der Waals surface area contributed by atoms with Crippen molar-refractivity contribution in [3.05, 3.63) is 17.6 Å². The van der Waals surface area contributed by atoms with E-state index >= 15 is 0 Å². The number of rotatable bonds is 6. The number of aromatic nitrogens is 2. The van der Waals surface area contributed by atoms with Gasteiger partial charge in [-0.25, -0.2) is 9.97 Å². The van der Waals surface area contributed by atoms with Gasteiger partial charge in [0.05, 0.1) is 0 Å². The van der Waals surface area contributed by atoms with Gasteiger partial charge in [-0.2, -0.15) is 0 Å². The van der Waals surface area contributed by atoms with Gasteiger partial charge in [0.1, 0.15) is 11.6 Å². The summed E-state index contributed by atoms with van der Waals surface area (Å²) in [4.78, 5) is 8.66. The van der Waals surface area contributed by atoms with E-state index in [-0.39, 0.29) is 0 Å². The molecule has 1 heterocycles. The Morgan fingerprint density at radius 2 is 2.12 bits per heavy atom. The fourth-order valence-electron chi connectivity index (χ4n) is 2.10. The second-order valence-electron chi connectivity index (χ2n) is 5.04. The molecule has 0 unspecified atom stereocenters. The average molecular weight is 235 g/mol. The first-order chi connectivity index (χ1) is 8.13. The molecule has 0 aromatic carbocycles. The number of ether oxygens (including phenoxy) is 1. The number of hydrogen-bond donors (Lipinski definition) is 1. The zero-order valence-corrected chi connectivity index (χ0v) is 10.9. The van der Waals surface area contributed by atoms with Crippen molar-refractivity contribution in [3.63, 3.8) is 0 Å². The molecular formula is C13H21N3O. The van der Waals surface area contributed by atoms with Crippen LogP contribution in [0.3, 0.4) is 0 Å². The molecule has 94 valence electrons. The van der Waals surface area contributed by atoms with Crippen molar-refractivity contribution in [2.45, 2.75) is 33.1 Å². The van der Waals surface area contributed by atoms with Gasteiger partial charge in [0.25, 0.3) is 0 Å². The highest BCUT2D eigenvalue weighted by Crippen LogP contribution is 2.48. The van der Waals surface area contributed by atoms with E-state index < -0.39 is 0 Å². The highest BCUT2D eigenvalue weighted by atomic mass is 16.5. The smallest absolute Gasteiger partial charge is 0.129 e. The van der Waals surface area contributed by atoms with Crippen LogP contribution in [0.15, 0.2) is 6.07 Å². The van der Waals surface area contributed by atoms with Gasteiger partial charge in [-0.15, -0.1) is 0 Å². The number of anilines is 1. The molecule has 0 spiro atoms. The molecule has 0 amide bonds. The molecule has 1 N–H and O–H groups in total. The van der Waals surface area contributed by atoms with Crippen LogP contribution < -0.4 is 5.32 Å². The van der Waals surface area contributed by atoms with E-state index in [1.54, 1.807) is 7.11 Å². The number of nitrogens with zero attached hydrogens (tertiary/aromatic N) is 2. The predicted octanol–water partition coefficient (Wildman–Crippen LogP) is 2.32. The molecule has 0 saturated heterocycles. The molecule has 1 saturated carbocycles. The fraction of sp³-hybridized carbons (Fsp3) is 0.692. The molecule has 1 aromatic heterocycles. The van der Waals surface area contributed by atoms with Gasteiger partial charge in [0.15, 0.2) is 0 Å². The maximum absolute atomic E-state index is 5.15. The monoisotopic (exact) mass is 235 g/mol. The number of hydrogen-bond acceptors (Lipinski definition) is 4. The number of methoxy groups -OCH3 is 1. The number of nitrogens with one attached hydrogen (secondary N) is 1. The van der Waals surface area contributed by atoms with E-state index in [1.165, 1.54) is 12.8 Å². The molecule has 0 atom stereocenters. The Labute approximate surface area is 103 Å². The minimum absolute atomic E-state index is 0.447. The highest BCUT2D eigenvalue weighted by Gasteiger charge is 2.41. The van der Waals surface area contributed by atoms with Crippen LogP contribution in [0.2, 0.25) is 0 Å². The second kappa shape index (κ2) is 5.00. The van der Waals surface area contributed by atoms with E-state index in [0.29, 0.717) is 5.41 Å². The van der Waals surface area contributed by atoms with Gasteiger partial charge in [-0.1, -0.05) is 0 Å². The second-order valence-corrected chi connectivity index (χ2v) is 5.04. The summed E-state index contributed by atoms with van der Waals surface area (Å²) in [6, 6.07) is 2.00. The summed E-state index contributed by atoms with van der Waals surface area (Å²) >= 11 is 0. The summed E-state index contributed by atoms with van der Waals surface area (Å²) < 4.78 is 5.15. The standard InChI is InChI=1S/C13H21N3O/c1-10-8-12(16-11(2)15-10)14-9-13(4-5-13)6-7-17-3/h8H,4-7,9H2,1-3H3,(H,14,15,16). The van der Waals surface area contributed by atoms with Crippen LogP contribution in [0, 0.1) is 19.3 Å². The average Bonchev–Trinajstić information content (AvgIpc) is 3.03. The van der Waals surface area contributed by atoms with E-state index in [2.05, 4.69) is 15.3 Å². The molecule has 1 fully saturated rings. The zero-order valence-electron chi connectivity index (χ0n) is 10.9. The van der Waals surface area contributed by atoms with Crippen molar-refractivity contribution in [1.29, 1.82) is 0 Å². The Morgan fingerprint density at radius 1 is 1.35 bits per heavy atom. The summed E-state index contributed by atoms with van der Waals surface area (Å²) in [7, 11) is 1.76. The lowest BCUT2D eigenvalue weighted by atomic mass is 10.0. The van der Waals surface area contributed by atoms with Crippen molar-refractivity contribution >= 4 is 5.82 Å². The highest BCUT2D eigenvalue weighted by molar-refractivity contribution is 5.36. The van der Waals surface area contributed by atoms with Gasteiger partial charge in [0.2, 0.25) is 0 Å². The molecule has 0 aliphatic heterocycles. The third-order valence-electron chi connectivity index (χ3n) is 3.40. The van der Waals surface area contributed by atoms with Gasteiger partial charge >= 0.3 is 0 Å². The van der Waals surface area contributed by atoms with E-state index in [4.69, 9.17) is 4.74 Å². The summed E-state index contributed by atoms with van der Waals surface area (Å²) in [6.07, 6.45) is 3.73. The minimum Gasteiger partial charge on any atom is -0.385 e. The molecule has 1 aromatic rings. The van der Waals surface area contributed by atoms with Crippen molar-refractivity contribution in [3.8, 4) is 0 Å². The van der Waals surface area contributed by atoms with Crippen LogP contribution in [-0.4, -0.2) is 30.2 Å². The van der Waals surface area contributed by atoms with Gasteiger partial charge in [-0.3, -0.25) is 0 Å². The van der Waals surface area contributed by atoms with Crippen LogP contribution >= 0.6 is 0 Å². The lowest BCUT2D eigenvalue weighted by Gasteiger charge is -2.16. The SMILES string of the molecule is COCCC1(CNc2cc(C)nc(C)n2)CC1. The van der Waals surface area contributed by atoms with Crippen molar-refractivity contribution in [2.75, 3.05) is 25.6 Å². The predicted molar refractivity (Wildman–Crippen MR) is 68.2 cm³/mol. The van der Waals surface area contributed by atoms with Crippen molar-refractivity contribution in [2.24, 2.45) is 5.41 Å². The Hall–Kier alpha value is -1.16. The van der Waals surface area contributed by atoms with Gasteiger partial charge < -0.3 is 10.1 Å². The van der Waals surface area contributed by atoms with Crippen LogP contribution in [0.1, 0.15) is 30.8 Å². The first kappa shape index (κ1) is 12.3. The summed E-state index contributed by atoms with van der Waals surface area (Å²) in [6.45, 7) is 5.77. The molecule has 17 heavy (non-hydrogen) atoms. The lowest BCUT2D eigenvalue weighted by molar-refractivity contribution is 0.175. The normalized spacial score (nSPS) is 16.9. The van der Waals surface area contributed by atoms with Crippen LogP contribution in [0.5, 0.6) is 0 Å². The minimum atomic E-state index is 0.447. The Kier molecular flexibility index (Phi) is 3.62. The first-order valence-electron chi connectivity index (χ1n) is 6.19. The Morgan fingerprint density at radius 3 is 2.71 bits per heavy atom. The fourth-order valence-corrected chi connectivity index (χ4v) is 2.10. The largest absolute Gasteiger partial charge is 0.385 e. The summed E-state index contributed by atoms with van der Waals surface area (Å²) in [5, 5.41) is 3.43. The van der Waals surface area contributed by atoms with Crippen LogP contribution in [-0.2, 0) is 4.74 Å². The molecule has 2 rings (SSSR count). The summed E-state index contributed by atoms with van der Waals surface area (Å²) in [5.41, 5.74) is 1.46. The molecule has 1 aliphatic carbocycles. The quantitative estimate of drug-likeness (QED) is 0.822.